The number of ether oxygens (including phenoxy) is 2. The lowest BCUT2D eigenvalue weighted by molar-refractivity contribution is -0.123. The third-order valence-corrected chi connectivity index (χ3v) is 2.98. The van der Waals surface area contributed by atoms with Gasteiger partial charge in [0.05, 0.1) is 6.61 Å². The van der Waals surface area contributed by atoms with Crippen molar-refractivity contribution in [2.75, 3.05) is 33.4 Å². The van der Waals surface area contributed by atoms with E-state index in [4.69, 9.17) is 9.47 Å². The van der Waals surface area contributed by atoms with Gasteiger partial charge in [-0.3, -0.25) is 4.79 Å². The number of hydrogen-bond acceptors (Lipinski definition) is 4. The van der Waals surface area contributed by atoms with E-state index in [9.17, 15) is 4.79 Å². The van der Waals surface area contributed by atoms with Crippen LogP contribution in [-0.4, -0.2) is 39.3 Å². The standard InChI is InChI=1S/C16H26N2O3/c1-3-4-9-18-16(19)13-21-15-8-6-5-7-14(15)12-17-10-11-20-2/h5-8,17H,3-4,9-13H2,1-2H3,(H,18,19). The SMILES string of the molecule is CCCCNC(=O)COc1ccccc1CNCCOC. The molecule has 0 atom stereocenters. The Morgan fingerprint density at radius 2 is 2.05 bits per heavy atom. The summed E-state index contributed by atoms with van der Waals surface area (Å²) in [5.74, 6) is 0.665. The van der Waals surface area contributed by atoms with Crippen molar-refractivity contribution in [3.63, 3.8) is 0 Å². The average Bonchev–Trinajstić information content (AvgIpc) is 2.51. The highest BCUT2D eigenvalue weighted by Crippen LogP contribution is 2.17. The van der Waals surface area contributed by atoms with Crippen molar-refractivity contribution in [1.82, 2.24) is 10.6 Å². The van der Waals surface area contributed by atoms with Gasteiger partial charge in [0.2, 0.25) is 0 Å². The first-order valence-corrected chi connectivity index (χ1v) is 7.45. The monoisotopic (exact) mass is 294 g/mol. The number of methoxy groups -OCH3 is 1. The number of carbonyl (C=O) groups is 1. The molecule has 0 aliphatic rings. The minimum Gasteiger partial charge on any atom is -0.483 e. The Kier molecular flexibility index (Phi) is 9.24. The Labute approximate surface area is 127 Å². The summed E-state index contributed by atoms with van der Waals surface area (Å²) in [5, 5.41) is 6.10. The van der Waals surface area contributed by atoms with Crippen LogP contribution in [0, 0.1) is 0 Å². The summed E-state index contributed by atoms with van der Waals surface area (Å²) in [4.78, 5) is 11.6. The Hall–Kier alpha value is -1.59. The van der Waals surface area contributed by atoms with Crippen LogP contribution in [-0.2, 0) is 16.1 Å². The van der Waals surface area contributed by atoms with E-state index >= 15 is 0 Å². The van der Waals surface area contributed by atoms with Gasteiger partial charge in [0.15, 0.2) is 6.61 Å². The van der Waals surface area contributed by atoms with E-state index in [-0.39, 0.29) is 12.5 Å². The zero-order valence-corrected chi connectivity index (χ0v) is 13.0. The molecule has 1 aromatic rings. The summed E-state index contributed by atoms with van der Waals surface area (Å²) in [5.41, 5.74) is 1.04. The molecule has 1 rings (SSSR count). The highest BCUT2D eigenvalue weighted by molar-refractivity contribution is 5.77. The van der Waals surface area contributed by atoms with Gasteiger partial charge in [0.1, 0.15) is 5.75 Å². The molecule has 0 fully saturated rings. The molecule has 0 unspecified atom stereocenters. The molecule has 0 aromatic heterocycles. The van der Waals surface area contributed by atoms with Crippen molar-refractivity contribution in [1.29, 1.82) is 0 Å². The van der Waals surface area contributed by atoms with Crippen LogP contribution < -0.4 is 15.4 Å². The number of rotatable bonds is 11. The average molecular weight is 294 g/mol. The Morgan fingerprint density at radius 3 is 2.81 bits per heavy atom. The van der Waals surface area contributed by atoms with E-state index in [0.29, 0.717) is 19.7 Å². The summed E-state index contributed by atoms with van der Waals surface area (Å²) < 4.78 is 10.6. The summed E-state index contributed by atoms with van der Waals surface area (Å²) >= 11 is 0. The van der Waals surface area contributed by atoms with E-state index in [0.717, 1.165) is 30.7 Å². The molecule has 1 aromatic carbocycles. The molecule has 2 N–H and O–H groups in total. The predicted octanol–water partition coefficient (Wildman–Crippen LogP) is 1.72. The maximum absolute atomic E-state index is 11.6. The molecule has 0 aliphatic carbocycles. The minimum atomic E-state index is -0.0782. The lowest BCUT2D eigenvalue weighted by Crippen LogP contribution is -2.29. The molecule has 0 bridgehead atoms. The minimum absolute atomic E-state index is 0.0544. The van der Waals surface area contributed by atoms with E-state index in [2.05, 4.69) is 17.6 Å². The molecule has 5 heteroatoms. The van der Waals surface area contributed by atoms with Crippen molar-refractivity contribution in [3.05, 3.63) is 29.8 Å². The zero-order chi connectivity index (χ0) is 15.3. The van der Waals surface area contributed by atoms with Gasteiger partial charge < -0.3 is 20.1 Å². The van der Waals surface area contributed by atoms with Crippen molar-refractivity contribution in [2.45, 2.75) is 26.3 Å². The lowest BCUT2D eigenvalue weighted by Gasteiger charge is -2.12. The molecule has 0 spiro atoms. The highest BCUT2D eigenvalue weighted by atomic mass is 16.5. The van der Waals surface area contributed by atoms with Gasteiger partial charge in [-0.25, -0.2) is 0 Å². The molecule has 0 radical (unpaired) electrons. The van der Waals surface area contributed by atoms with Crippen LogP contribution in [0.5, 0.6) is 5.75 Å². The predicted molar refractivity (Wildman–Crippen MR) is 83.4 cm³/mol. The first kappa shape index (κ1) is 17.5. The Balaban J connectivity index is 2.38. The van der Waals surface area contributed by atoms with Crippen LogP contribution in [0.25, 0.3) is 0 Å². The zero-order valence-electron chi connectivity index (χ0n) is 13.0. The number of nitrogens with one attached hydrogen (secondary N) is 2. The second-order valence-corrected chi connectivity index (χ2v) is 4.77. The van der Waals surface area contributed by atoms with Gasteiger partial charge in [-0.05, 0) is 12.5 Å². The Bertz CT molecular complexity index is 410. The molecule has 1 amide bonds. The number of amides is 1. The smallest absolute Gasteiger partial charge is 0.257 e. The maximum atomic E-state index is 11.6. The summed E-state index contributed by atoms with van der Waals surface area (Å²) in [6, 6.07) is 7.74. The van der Waals surface area contributed by atoms with Gasteiger partial charge in [-0.15, -0.1) is 0 Å². The molecule has 5 nitrogen and oxygen atoms in total. The topological polar surface area (TPSA) is 59.6 Å². The van der Waals surface area contributed by atoms with Crippen LogP contribution >= 0.6 is 0 Å². The number of hydrogen-bond donors (Lipinski definition) is 2. The number of carbonyl (C=O) groups excluding carboxylic acids is 1. The largest absolute Gasteiger partial charge is 0.483 e. The lowest BCUT2D eigenvalue weighted by atomic mass is 10.2. The van der Waals surface area contributed by atoms with Gasteiger partial charge in [0.25, 0.3) is 5.91 Å². The van der Waals surface area contributed by atoms with Gasteiger partial charge in [-0.1, -0.05) is 31.5 Å². The number of unbranched alkanes of at least 4 members (excludes halogenated alkanes) is 1. The van der Waals surface area contributed by atoms with Gasteiger partial charge in [-0.2, -0.15) is 0 Å². The highest BCUT2D eigenvalue weighted by Gasteiger charge is 2.06. The number of benzene rings is 1. The summed E-state index contributed by atoms with van der Waals surface area (Å²) in [6.45, 7) is 5.00. The fourth-order valence-electron chi connectivity index (χ4n) is 1.79. The summed E-state index contributed by atoms with van der Waals surface area (Å²) in [7, 11) is 1.68. The molecule has 118 valence electrons. The molecule has 21 heavy (non-hydrogen) atoms. The first-order valence-electron chi connectivity index (χ1n) is 7.45. The first-order chi connectivity index (χ1) is 10.3. The molecule has 0 saturated heterocycles. The third-order valence-electron chi connectivity index (χ3n) is 2.98. The molecule has 0 aliphatic heterocycles. The Morgan fingerprint density at radius 1 is 1.24 bits per heavy atom. The van der Waals surface area contributed by atoms with E-state index in [1.807, 2.05) is 24.3 Å². The van der Waals surface area contributed by atoms with Crippen molar-refractivity contribution >= 4 is 5.91 Å². The number of para-hydroxylation sites is 1. The van der Waals surface area contributed by atoms with Crippen LogP contribution in [0.3, 0.4) is 0 Å². The van der Waals surface area contributed by atoms with Gasteiger partial charge in [0, 0.05) is 32.3 Å². The van der Waals surface area contributed by atoms with Gasteiger partial charge >= 0.3 is 0 Å². The normalized spacial score (nSPS) is 10.4. The van der Waals surface area contributed by atoms with Crippen LogP contribution in [0.1, 0.15) is 25.3 Å². The second kappa shape index (κ2) is 11.1. The van der Waals surface area contributed by atoms with Crippen molar-refractivity contribution < 1.29 is 14.3 Å². The molecule has 0 heterocycles. The van der Waals surface area contributed by atoms with Crippen LogP contribution in [0.2, 0.25) is 0 Å². The van der Waals surface area contributed by atoms with Crippen molar-refractivity contribution in [2.24, 2.45) is 0 Å². The van der Waals surface area contributed by atoms with Crippen LogP contribution in [0.15, 0.2) is 24.3 Å². The van der Waals surface area contributed by atoms with E-state index in [1.54, 1.807) is 7.11 Å². The molecular formula is C16H26N2O3. The fourth-order valence-corrected chi connectivity index (χ4v) is 1.79. The maximum Gasteiger partial charge on any atom is 0.257 e. The fraction of sp³-hybridized carbons (Fsp3) is 0.562. The van der Waals surface area contributed by atoms with E-state index < -0.39 is 0 Å². The molecular weight excluding hydrogens is 268 g/mol. The van der Waals surface area contributed by atoms with Crippen LogP contribution in [0.4, 0.5) is 0 Å². The molecule has 0 saturated carbocycles. The quantitative estimate of drug-likeness (QED) is 0.610. The second-order valence-electron chi connectivity index (χ2n) is 4.77. The third kappa shape index (κ3) is 7.68. The van der Waals surface area contributed by atoms with E-state index in [1.165, 1.54) is 0 Å². The summed E-state index contributed by atoms with van der Waals surface area (Å²) in [6.07, 6.45) is 2.06. The van der Waals surface area contributed by atoms with Crippen molar-refractivity contribution in [3.8, 4) is 5.75 Å².